The Labute approximate surface area is 183 Å². The summed E-state index contributed by atoms with van der Waals surface area (Å²) in [5.41, 5.74) is 2.83. The summed E-state index contributed by atoms with van der Waals surface area (Å²) < 4.78 is 41.1. The van der Waals surface area contributed by atoms with Gasteiger partial charge in [-0.2, -0.15) is 18.3 Å². The quantitative estimate of drug-likeness (QED) is 0.585. The molecule has 0 aliphatic heterocycles. The maximum atomic E-state index is 13.4. The van der Waals surface area contributed by atoms with E-state index in [0.29, 0.717) is 4.88 Å². The lowest BCUT2D eigenvalue weighted by Gasteiger charge is -2.16. The molecule has 1 aliphatic rings. The molecule has 2 amide bonds. The number of alkyl halides is 3. The first-order chi connectivity index (χ1) is 15.1. The zero-order valence-corrected chi connectivity index (χ0v) is 17.6. The van der Waals surface area contributed by atoms with Crippen LogP contribution in [0.2, 0.25) is 0 Å². The van der Waals surface area contributed by atoms with Crippen molar-refractivity contribution in [2.75, 3.05) is 0 Å². The highest BCUT2D eigenvalue weighted by Gasteiger charge is 2.34. The number of para-hydroxylation sites is 1. The molecule has 0 unspecified atom stereocenters. The lowest BCUT2D eigenvalue weighted by Crippen LogP contribution is -2.43. The van der Waals surface area contributed by atoms with Crippen LogP contribution in [0.5, 0.6) is 0 Å². The number of hydrogen-bond donors (Lipinski definition) is 2. The van der Waals surface area contributed by atoms with Crippen molar-refractivity contribution in [1.82, 2.24) is 20.6 Å². The number of hydrogen-bond acceptors (Lipinski definition) is 5. The summed E-state index contributed by atoms with van der Waals surface area (Å²) in [4.78, 5) is 38.7. The number of rotatable bonds is 3. The number of nitrogens with one attached hydrogen (secondary N) is 2. The van der Waals surface area contributed by atoms with Crippen LogP contribution in [0.4, 0.5) is 13.2 Å². The van der Waals surface area contributed by atoms with Gasteiger partial charge in [0.05, 0.1) is 16.1 Å². The third kappa shape index (κ3) is 4.15. The number of aryl methyl sites for hydroxylation is 3. The van der Waals surface area contributed by atoms with Crippen LogP contribution >= 0.6 is 11.3 Å². The predicted octanol–water partition coefficient (Wildman–Crippen LogP) is 3.18. The van der Waals surface area contributed by atoms with Gasteiger partial charge in [-0.1, -0.05) is 12.1 Å². The predicted molar refractivity (Wildman–Crippen MR) is 111 cm³/mol. The van der Waals surface area contributed by atoms with Gasteiger partial charge < -0.3 is 0 Å². The number of benzene rings is 1. The summed E-state index contributed by atoms with van der Waals surface area (Å²) >= 11 is 1.33. The van der Waals surface area contributed by atoms with E-state index in [2.05, 4.69) is 16.0 Å². The van der Waals surface area contributed by atoms with Gasteiger partial charge in [0.25, 0.3) is 11.8 Å². The van der Waals surface area contributed by atoms with Crippen LogP contribution in [-0.4, -0.2) is 21.6 Å². The first-order valence-electron chi connectivity index (χ1n) is 9.65. The molecule has 11 heteroatoms. The van der Waals surface area contributed by atoms with Crippen molar-refractivity contribution in [3.05, 3.63) is 78.9 Å². The van der Waals surface area contributed by atoms with E-state index in [0.717, 1.165) is 46.5 Å². The van der Waals surface area contributed by atoms with Crippen LogP contribution in [0.1, 0.15) is 48.3 Å². The van der Waals surface area contributed by atoms with Gasteiger partial charge in [-0.3, -0.25) is 25.2 Å². The molecule has 0 atom stereocenters. The highest BCUT2D eigenvalue weighted by molar-refractivity contribution is 7.14. The van der Waals surface area contributed by atoms with Gasteiger partial charge in [0, 0.05) is 16.6 Å². The van der Waals surface area contributed by atoms with Crippen LogP contribution in [0.25, 0.3) is 5.69 Å². The Morgan fingerprint density at radius 3 is 2.53 bits per heavy atom. The summed E-state index contributed by atoms with van der Waals surface area (Å²) in [5.74, 6) is -1.58. The lowest BCUT2D eigenvalue weighted by atomic mass is 10.1. The molecule has 4 rings (SSSR count). The van der Waals surface area contributed by atoms with E-state index < -0.39 is 34.7 Å². The zero-order chi connectivity index (χ0) is 23.0. The second kappa shape index (κ2) is 8.23. The van der Waals surface area contributed by atoms with Crippen molar-refractivity contribution in [1.29, 1.82) is 0 Å². The van der Waals surface area contributed by atoms with Crippen LogP contribution in [0, 0.1) is 6.92 Å². The maximum absolute atomic E-state index is 13.4. The molecule has 32 heavy (non-hydrogen) atoms. The summed E-state index contributed by atoms with van der Waals surface area (Å²) in [6.07, 6.45) is -1.81. The molecule has 166 valence electrons. The molecule has 2 N–H and O–H groups in total. The van der Waals surface area contributed by atoms with Crippen LogP contribution in [0.3, 0.4) is 0 Å². The first-order valence-corrected chi connectivity index (χ1v) is 10.5. The molecule has 0 fully saturated rings. The van der Waals surface area contributed by atoms with E-state index in [4.69, 9.17) is 0 Å². The molecule has 2 aromatic heterocycles. The van der Waals surface area contributed by atoms with Gasteiger partial charge in [0.1, 0.15) is 0 Å². The van der Waals surface area contributed by atoms with E-state index >= 15 is 0 Å². The lowest BCUT2D eigenvalue weighted by molar-refractivity contribution is -0.137. The molecule has 0 saturated heterocycles. The summed E-state index contributed by atoms with van der Waals surface area (Å²) in [6, 6.07) is 7.47. The standard InChI is InChI=1S/C21H17F3N4O3S/c1-11-9-15(29)18(27-28(11)14-7-3-2-6-13(14)21(22,23)24)20(31)26-25-19(30)17-10-12-5-4-8-16(12)32-17/h2-3,6-7,9-10H,4-5,8H2,1H3,(H,25,30)(H,26,31). The van der Waals surface area contributed by atoms with E-state index in [1.807, 2.05) is 0 Å². The normalized spacial score (nSPS) is 13.0. The third-order valence-electron chi connectivity index (χ3n) is 5.02. The topological polar surface area (TPSA) is 93.1 Å². The van der Waals surface area contributed by atoms with Gasteiger partial charge in [-0.25, -0.2) is 4.68 Å². The van der Waals surface area contributed by atoms with Gasteiger partial charge in [-0.05, 0) is 49.9 Å². The highest BCUT2D eigenvalue weighted by atomic mass is 32.1. The molecular weight excluding hydrogens is 445 g/mol. The average molecular weight is 462 g/mol. The van der Waals surface area contributed by atoms with Crippen LogP contribution < -0.4 is 16.3 Å². The van der Waals surface area contributed by atoms with E-state index in [1.165, 1.54) is 36.5 Å². The van der Waals surface area contributed by atoms with Crippen LogP contribution in [-0.2, 0) is 19.0 Å². The molecule has 3 aromatic rings. The van der Waals surface area contributed by atoms with E-state index in [9.17, 15) is 27.6 Å². The Morgan fingerprint density at radius 2 is 1.81 bits per heavy atom. The minimum absolute atomic E-state index is 0.111. The molecular formula is C21H17F3N4O3S. The molecule has 0 bridgehead atoms. The monoisotopic (exact) mass is 462 g/mol. The van der Waals surface area contributed by atoms with Crippen LogP contribution in [0.15, 0.2) is 41.2 Å². The fourth-order valence-corrected chi connectivity index (χ4v) is 4.67. The molecule has 0 radical (unpaired) electrons. The smallest absolute Gasteiger partial charge is 0.287 e. The van der Waals surface area contributed by atoms with Gasteiger partial charge in [0.2, 0.25) is 5.43 Å². The Bertz CT molecular complexity index is 1260. The Balaban J connectivity index is 1.58. The number of hydrazine groups is 1. The van der Waals surface area contributed by atoms with Gasteiger partial charge >= 0.3 is 6.18 Å². The number of aromatic nitrogens is 2. The van der Waals surface area contributed by atoms with E-state index in [1.54, 1.807) is 6.07 Å². The number of carbonyl (C=O) groups is 2. The zero-order valence-electron chi connectivity index (χ0n) is 16.7. The fraction of sp³-hybridized carbons (Fsp3) is 0.238. The second-order valence-electron chi connectivity index (χ2n) is 7.25. The Morgan fingerprint density at radius 1 is 1.09 bits per heavy atom. The number of amides is 2. The van der Waals surface area contributed by atoms with Crippen molar-refractivity contribution in [3.8, 4) is 5.69 Å². The SMILES string of the molecule is Cc1cc(=O)c(C(=O)NNC(=O)c2cc3c(s2)CCC3)nn1-c1ccccc1C(F)(F)F. The maximum Gasteiger partial charge on any atom is 0.418 e. The molecule has 0 spiro atoms. The summed E-state index contributed by atoms with van der Waals surface area (Å²) in [5, 5.41) is 3.85. The molecule has 2 heterocycles. The molecule has 7 nitrogen and oxygen atoms in total. The molecule has 1 aromatic carbocycles. The Kier molecular flexibility index (Phi) is 5.59. The minimum atomic E-state index is -4.66. The first kappa shape index (κ1) is 21.8. The number of nitrogens with zero attached hydrogens (tertiary/aromatic N) is 2. The van der Waals surface area contributed by atoms with Crippen molar-refractivity contribution >= 4 is 23.2 Å². The second-order valence-corrected chi connectivity index (χ2v) is 8.38. The summed E-state index contributed by atoms with van der Waals surface area (Å²) in [6.45, 7) is 1.40. The number of halogens is 3. The van der Waals surface area contributed by atoms with E-state index in [-0.39, 0.29) is 11.4 Å². The Hall–Kier alpha value is -3.47. The van der Waals surface area contributed by atoms with Crippen molar-refractivity contribution in [3.63, 3.8) is 0 Å². The number of carbonyl (C=O) groups excluding carboxylic acids is 2. The fourth-order valence-electron chi connectivity index (χ4n) is 3.52. The molecule has 1 aliphatic carbocycles. The number of fused-ring (bicyclic) bond motifs is 1. The molecule has 0 saturated carbocycles. The third-order valence-corrected chi connectivity index (χ3v) is 6.26. The van der Waals surface area contributed by atoms with Gasteiger partial charge in [-0.15, -0.1) is 11.3 Å². The van der Waals surface area contributed by atoms with Crippen molar-refractivity contribution in [2.24, 2.45) is 0 Å². The summed E-state index contributed by atoms with van der Waals surface area (Å²) in [7, 11) is 0. The van der Waals surface area contributed by atoms with Crippen molar-refractivity contribution < 1.29 is 22.8 Å². The van der Waals surface area contributed by atoms with Crippen molar-refractivity contribution in [2.45, 2.75) is 32.4 Å². The number of thiophene rings is 1. The van der Waals surface area contributed by atoms with Gasteiger partial charge in [0.15, 0.2) is 5.69 Å². The highest BCUT2D eigenvalue weighted by Crippen LogP contribution is 2.33. The minimum Gasteiger partial charge on any atom is -0.287 e. The average Bonchev–Trinajstić information content (AvgIpc) is 3.34. The largest absolute Gasteiger partial charge is 0.418 e.